The molecule has 0 saturated heterocycles. The summed E-state index contributed by atoms with van der Waals surface area (Å²) in [5.41, 5.74) is 1.02. The van der Waals surface area contributed by atoms with Crippen molar-refractivity contribution in [2.75, 3.05) is 13.7 Å². The molecule has 0 aliphatic rings. The number of hydrogen-bond donors (Lipinski definition) is 1. The van der Waals surface area contributed by atoms with Crippen molar-refractivity contribution in [1.82, 2.24) is 4.90 Å². The van der Waals surface area contributed by atoms with Gasteiger partial charge in [-0.15, -0.1) is 0 Å². The Hall–Kier alpha value is -1.06. The number of benzene rings is 1. The van der Waals surface area contributed by atoms with Crippen LogP contribution < -0.4 is 0 Å². The number of nitrogens with zero attached hydrogens (tertiary/aromatic N) is 1. The Morgan fingerprint density at radius 1 is 1.33 bits per heavy atom. The number of aliphatic hydroxyl groups is 1. The third-order valence-corrected chi connectivity index (χ3v) is 3.28. The molecule has 1 unspecified atom stereocenters. The summed E-state index contributed by atoms with van der Waals surface area (Å²) in [6.07, 6.45) is 0. The summed E-state index contributed by atoms with van der Waals surface area (Å²) in [5, 5.41) is 9.94. The molecule has 1 aromatic carbocycles. The fraction of sp³-hybridized carbons (Fsp3) is 0.500. The Morgan fingerprint density at radius 3 is 2.33 bits per heavy atom. The second kappa shape index (κ2) is 6.76. The molecule has 0 aliphatic carbocycles. The molecule has 0 radical (unpaired) electrons. The number of rotatable bonds is 5. The van der Waals surface area contributed by atoms with E-state index < -0.39 is 0 Å². The van der Waals surface area contributed by atoms with E-state index in [9.17, 15) is 9.90 Å². The van der Waals surface area contributed by atoms with Crippen molar-refractivity contribution in [3.05, 3.63) is 34.9 Å². The molecule has 3 nitrogen and oxygen atoms in total. The normalized spacial score (nSPS) is 12.6. The molecule has 1 atom stereocenters. The maximum Gasteiger partial charge on any atom is 0.228 e. The Balaban J connectivity index is 2.67. The van der Waals surface area contributed by atoms with Crippen LogP contribution in [0.2, 0.25) is 5.02 Å². The Kier molecular flexibility index (Phi) is 5.63. The lowest BCUT2D eigenvalue weighted by atomic mass is 9.95. The standard InChI is InChI=1S/C14H20ClNO2/c1-10(2)13(9-17)14(18)16(3)8-11-4-6-12(15)7-5-11/h4-7,10,13,17H,8-9H2,1-3H3. The van der Waals surface area contributed by atoms with Crippen molar-refractivity contribution < 1.29 is 9.90 Å². The highest BCUT2D eigenvalue weighted by molar-refractivity contribution is 6.30. The van der Waals surface area contributed by atoms with Gasteiger partial charge in [0.1, 0.15) is 0 Å². The fourth-order valence-corrected chi connectivity index (χ4v) is 1.92. The van der Waals surface area contributed by atoms with Gasteiger partial charge in [-0.1, -0.05) is 37.6 Å². The molecule has 0 fully saturated rings. The molecule has 0 bridgehead atoms. The van der Waals surface area contributed by atoms with E-state index in [1.54, 1.807) is 24.1 Å². The van der Waals surface area contributed by atoms with Gasteiger partial charge in [-0.2, -0.15) is 0 Å². The maximum absolute atomic E-state index is 12.1. The molecule has 0 aromatic heterocycles. The number of aliphatic hydroxyl groups excluding tert-OH is 1. The molecule has 0 saturated carbocycles. The zero-order valence-electron chi connectivity index (χ0n) is 11.1. The van der Waals surface area contributed by atoms with Crippen molar-refractivity contribution in [2.45, 2.75) is 20.4 Å². The Labute approximate surface area is 113 Å². The Bertz CT molecular complexity index is 389. The SMILES string of the molecule is CC(C)C(CO)C(=O)N(C)Cc1ccc(Cl)cc1. The van der Waals surface area contributed by atoms with E-state index in [0.717, 1.165) is 5.56 Å². The fourth-order valence-electron chi connectivity index (χ4n) is 1.80. The van der Waals surface area contributed by atoms with Gasteiger partial charge in [0.15, 0.2) is 0 Å². The highest BCUT2D eigenvalue weighted by Gasteiger charge is 2.24. The molecule has 1 amide bonds. The quantitative estimate of drug-likeness (QED) is 0.893. The van der Waals surface area contributed by atoms with Crippen molar-refractivity contribution in [1.29, 1.82) is 0 Å². The zero-order valence-corrected chi connectivity index (χ0v) is 11.8. The molecule has 100 valence electrons. The first-order valence-corrected chi connectivity index (χ1v) is 6.43. The number of carbonyl (C=O) groups excluding carboxylic acids is 1. The topological polar surface area (TPSA) is 40.5 Å². The molecule has 18 heavy (non-hydrogen) atoms. The third-order valence-electron chi connectivity index (χ3n) is 3.03. The van der Waals surface area contributed by atoms with Crippen LogP contribution in [0.25, 0.3) is 0 Å². The molecule has 0 heterocycles. The maximum atomic E-state index is 12.1. The van der Waals surface area contributed by atoms with Gasteiger partial charge in [0.25, 0.3) is 0 Å². The van der Waals surface area contributed by atoms with Crippen LogP contribution in [0.4, 0.5) is 0 Å². The molecule has 1 N–H and O–H groups in total. The minimum atomic E-state index is -0.331. The second-order valence-electron chi connectivity index (χ2n) is 4.85. The summed E-state index contributed by atoms with van der Waals surface area (Å²) in [5.74, 6) is -0.222. The van der Waals surface area contributed by atoms with E-state index in [0.29, 0.717) is 11.6 Å². The zero-order chi connectivity index (χ0) is 13.7. The van der Waals surface area contributed by atoms with Crippen molar-refractivity contribution in [3.8, 4) is 0 Å². The van der Waals surface area contributed by atoms with Gasteiger partial charge in [-0.25, -0.2) is 0 Å². The Morgan fingerprint density at radius 2 is 1.89 bits per heavy atom. The summed E-state index contributed by atoms with van der Waals surface area (Å²) >= 11 is 5.81. The minimum Gasteiger partial charge on any atom is -0.396 e. The van der Waals surface area contributed by atoms with Crippen LogP contribution in [-0.4, -0.2) is 29.6 Å². The largest absolute Gasteiger partial charge is 0.396 e. The highest BCUT2D eigenvalue weighted by atomic mass is 35.5. The van der Waals surface area contributed by atoms with E-state index in [-0.39, 0.29) is 24.3 Å². The van der Waals surface area contributed by atoms with E-state index in [1.165, 1.54) is 0 Å². The predicted octanol–water partition coefficient (Wildman–Crippen LogP) is 2.56. The smallest absolute Gasteiger partial charge is 0.228 e. The first kappa shape index (κ1) is 15.0. The molecule has 0 spiro atoms. The van der Waals surface area contributed by atoms with Gasteiger partial charge < -0.3 is 10.0 Å². The van der Waals surface area contributed by atoms with Gasteiger partial charge >= 0.3 is 0 Å². The first-order valence-electron chi connectivity index (χ1n) is 6.06. The van der Waals surface area contributed by atoms with E-state index in [4.69, 9.17) is 11.6 Å². The van der Waals surface area contributed by atoms with Crippen LogP contribution in [0, 0.1) is 11.8 Å². The molecule has 1 aromatic rings. The average Bonchev–Trinajstić information content (AvgIpc) is 2.32. The van der Waals surface area contributed by atoms with Crippen LogP contribution in [0.3, 0.4) is 0 Å². The summed E-state index contributed by atoms with van der Waals surface area (Å²) in [6, 6.07) is 7.41. The van der Waals surface area contributed by atoms with Crippen molar-refractivity contribution >= 4 is 17.5 Å². The average molecular weight is 270 g/mol. The van der Waals surface area contributed by atoms with Crippen molar-refractivity contribution in [3.63, 3.8) is 0 Å². The monoisotopic (exact) mass is 269 g/mol. The molecular weight excluding hydrogens is 250 g/mol. The number of carbonyl (C=O) groups is 1. The lowest BCUT2D eigenvalue weighted by molar-refractivity contribution is -0.137. The molecule has 1 rings (SSSR count). The predicted molar refractivity (Wildman–Crippen MR) is 73.3 cm³/mol. The number of halogens is 1. The number of amides is 1. The van der Waals surface area contributed by atoms with Gasteiger partial charge in [0.05, 0.1) is 12.5 Å². The summed E-state index contributed by atoms with van der Waals surface area (Å²) in [4.78, 5) is 13.8. The summed E-state index contributed by atoms with van der Waals surface area (Å²) < 4.78 is 0. The molecule has 4 heteroatoms. The van der Waals surface area contributed by atoms with Crippen molar-refractivity contribution in [2.24, 2.45) is 11.8 Å². The lowest BCUT2D eigenvalue weighted by Crippen LogP contribution is -2.36. The van der Waals surface area contributed by atoms with E-state index in [1.807, 2.05) is 26.0 Å². The second-order valence-corrected chi connectivity index (χ2v) is 5.29. The highest BCUT2D eigenvalue weighted by Crippen LogP contribution is 2.16. The third kappa shape index (κ3) is 4.00. The van der Waals surface area contributed by atoms with E-state index in [2.05, 4.69) is 0 Å². The van der Waals surface area contributed by atoms with Gasteiger partial charge in [-0.3, -0.25) is 4.79 Å². The molecule has 0 aliphatic heterocycles. The van der Waals surface area contributed by atoms with Crippen LogP contribution in [0.15, 0.2) is 24.3 Å². The minimum absolute atomic E-state index is 0.0255. The first-order chi connectivity index (χ1) is 8.45. The van der Waals surface area contributed by atoms with Gasteiger partial charge in [0.2, 0.25) is 5.91 Å². The van der Waals surface area contributed by atoms with Crippen LogP contribution in [0.1, 0.15) is 19.4 Å². The van der Waals surface area contributed by atoms with Crippen LogP contribution >= 0.6 is 11.6 Å². The van der Waals surface area contributed by atoms with Crippen LogP contribution in [0.5, 0.6) is 0 Å². The lowest BCUT2D eigenvalue weighted by Gasteiger charge is -2.25. The van der Waals surface area contributed by atoms with E-state index >= 15 is 0 Å². The van der Waals surface area contributed by atoms with Gasteiger partial charge in [-0.05, 0) is 23.6 Å². The van der Waals surface area contributed by atoms with Gasteiger partial charge in [0, 0.05) is 18.6 Å². The molecular formula is C14H20ClNO2. The van der Waals surface area contributed by atoms with Crippen LogP contribution in [-0.2, 0) is 11.3 Å². The number of hydrogen-bond acceptors (Lipinski definition) is 2. The summed E-state index contributed by atoms with van der Waals surface area (Å²) in [7, 11) is 1.75. The summed E-state index contributed by atoms with van der Waals surface area (Å²) in [6.45, 7) is 4.30.